The lowest BCUT2D eigenvalue weighted by Crippen LogP contribution is -2.30. The van der Waals surface area contributed by atoms with Gasteiger partial charge >= 0.3 is 0 Å². The zero-order chi connectivity index (χ0) is 15.7. The lowest BCUT2D eigenvalue weighted by molar-refractivity contribution is -0.123. The highest BCUT2D eigenvalue weighted by Crippen LogP contribution is 2.36. The van der Waals surface area contributed by atoms with E-state index in [0.717, 1.165) is 6.42 Å². The number of carbonyl (C=O) groups excluding carboxylic acids is 2. The fraction of sp³-hybridized carbons (Fsp3) is 0.429. The molecular weight excluding hydrogens is 342 g/mol. The van der Waals surface area contributed by atoms with Gasteiger partial charge in [0.15, 0.2) is 18.1 Å². The van der Waals surface area contributed by atoms with Crippen molar-refractivity contribution >= 4 is 28.1 Å². The van der Waals surface area contributed by atoms with E-state index in [-0.39, 0.29) is 12.5 Å². The lowest BCUT2D eigenvalue weighted by Gasteiger charge is -2.13. The Morgan fingerprint density at radius 3 is 2.76 bits per heavy atom. The molecule has 0 heterocycles. The van der Waals surface area contributed by atoms with Crippen molar-refractivity contribution in [1.29, 1.82) is 0 Å². The van der Waals surface area contributed by atoms with Crippen LogP contribution >= 0.6 is 15.9 Å². The fourth-order valence-electron chi connectivity index (χ4n) is 1.58. The first-order valence-electron chi connectivity index (χ1n) is 6.33. The third-order valence-corrected chi connectivity index (χ3v) is 3.17. The summed E-state index contributed by atoms with van der Waals surface area (Å²) in [7, 11) is 3.08. The molecule has 1 amide bonds. The number of hydrogen-bond donors (Lipinski definition) is 1. The van der Waals surface area contributed by atoms with Crippen molar-refractivity contribution in [3.63, 3.8) is 0 Å². The van der Waals surface area contributed by atoms with Crippen molar-refractivity contribution in [2.75, 3.05) is 34.0 Å². The number of rotatable bonds is 9. The topological polar surface area (TPSA) is 73.9 Å². The van der Waals surface area contributed by atoms with Crippen molar-refractivity contribution < 1.29 is 23.8 Å². The van der Waals surface area contributed by atoms with E-state index in [9.17, 15) is 9.59 Å². The van der Waals surface area contributed by atoms with Crippen LogP contribution in [-0.2, 0) is 9.53 Å². The van der Waals surface area contributed by atoms with Crippen LogP contribution in [0, 0.1) is 0 Å². The minimum Gasteiger partial charge on any atom is -0.493 e. The van der Waals surface area contributed by atoms with Gasteiger partial charge in [-0.15, -0.1) is 0 Å². The van der Waals surface area contributed by atoms with Crippen LogP contribution in [0.25, 0.3) is 0 Å². The molecule has 1 N–H and O–H groups in total. The predicted molar refractivity (Wildman–Crippen MR) is 81.1 cm³/mol. The zero-order valence-corrected chi connectivity index (χ0v) is 13.6. The maximum Gasteiger partial charge on any atom is 0.257 e. The Balaban J connectivity index is 2.58. The molecule has 0 radical (unpaired) electrons. The van der Waals surface area contributed by atoms with Crippen LogP contribution in [0.15, 0.2) is 16.6 Å². The number of halogens is 1. The molecule has 0 unspecified atom stereocenters. The Morgan fingerprint density at radius 1 is 1.38 bits per heavy atom. The molecule has 0 bridgehead atoms. The van der Waals surface area contributed by atoms with Crippen molar-refractivity contribution in [2.45, 2.75) is 6.42 Å². The third-order valence-electron chi connectivity index (χ3n) is 2.58. The average Bonchev–Trinajstić information content (AvgIpc) is 2.49. The van der Waals surface area contributed by atoms with E-state index in [0.29, 0.717) is 41.0 Å². The number of benzene rings is 1. The molecule has 116 valence electrons. The summed E-state index contributed by atoms with van der Waals surface area (Å²) in [6, 6.07) is 3.14. The quantitative estimate of drug-likeness (QED) is 0.537. The number of amides is 1. The maximum atomic E-state index is 11.6. The summed E-state index contributed by atoms with van der Waals surface area (Å²) in [4.78, 5) is 22.4. The van der Waals surface area contributed by atoms with Crippen LogP contribution in [0.5, 0.6) is 11.5 Å². The first kappa shape index (κ1) is 17.5. The molecule has 21 heavy (non-hydrogen) atoms. The molecule has 0 saturated heterocycles. The lowest BCUT2D eigenvalue weighted by atomic mass is 10.2. The highest BCUT2D eigenvalue weighted by atomic mass is 79.9. The van der Waals surface area contributed by atoms with Gasteiger partial charge in [0.05, 0.1) is 11.6 Å². The van der Waals surface area contributed by atoms with Gasteiger partial charge in [0.25, 0.3) is 5.91 Å². The van der Waals surface area contributed by atoms with E-state index in [1.165, 1.54) is 7.11 Å². The average molecular weight is 360 g/mol. The Morgan fingerprint density at radius 2 is 2.14 bits per heavy atom. The molecule has 0 saturated carbocycles. The smallest absolute Gasteiger partial charge is 0.257 e. The second-order valence-corrected chi connectivity index (χ2v) is 4.99. The molecule has 1 aromatic rings. The van der Waals surface area contributed by atoms with E-state index in [2.05, 4.69) is 21.2 Å². The van der Waals surface area contributed by atoms with Gasteiger partial charge in [-0.2, -0.15) is 0 Å². The first-order valence-corrected chi connectivity index (χ1v) is 7.12. The number of hydrogen-bond acceptors (Lipinski definition) is 5. The van der Waals surface area contributed by atoms with E-state index in [1.54, 1.807) is 19.2 Å². The summed E-state index contributed by atoms with van der Waals surface area (Å²) in [6.45, 7) is 0.981. The predicted octanol–water partition coefficient (Wildman–Crippen LogP) is 1.80. The molecule has 1 aromatic carbocycles. The molecule has 0 aromatic heterocycles. The summed E-state index contributed by atoms with van der Waals surface area (Å²) >= 11 is 3.29. The minimum atomic E-state index is -0.237. The van der Waals surface area contributed by atoms with Gasteiger partial charge in [-0.3, -0.25) is 9.59 Å². The number of aldehydes is 1. The van der Waals surface area contributed by atoms with Crippen LogP contribution in [0.2, 0.25) is 0 Å². The largest absolute Gasteiger partial charge is 0.493 e. The summed E-state index contributed by atoms with van der Waals surface area (Å²) in [6.07, 6.45) is 1.45. The molecule has 7 heteroatoms. The summed E-state index contributed by atoms with van der Waals surface area (Å²) in [5.41, 5.74) is 0.454. The first-order chi connectivity index (χ1) is 10.1. The zero-order valence-electron chi connectivity index (χ0n) is 12.0. The van der Waals surface area contributed by atoms with Crippen LogP contribution in [0.1, 0.15) is 16.8 Å². The molecule has 0 aliphatic rings. The van der Waals surface area contributed by atoms with Crippen LogP contribution in [-0.4, -0.2) is 46.2 Å². The highest BCUT2D eigenvalue weighted by molar-refractivity contribution is 9.10. The van der Waals surface area contributed by atoms with Crippen LogP contribution in [0.3, 0.4) is 0 Å². The molecule has 0 spiro atoms. The van der Waals surface area contributed by atoms with Gasteiger partial charge in [0.1, 0.15) is 6.29 Å². The molecule has 6 nitrogen and oxygen atoms in total. The van der Waals surface area contributed by atoms with Gasteiger partial charge in [-0.25, -0.2) is 0 Å². The molecule has 0 fully saturated rings. The van der Waals surface area contributed by atoms with Crippen molar-refractivity contribution in [2.24, 2.45) is 0 Å². The summed E-state index contributed by atoms with van der Waals surface area (Å²) < 4.78 is 16.0. The van der Waals surface area contributed by atoms with E-state index >= 15 is 0 Å². The second kappa shape index (κ2) is 9.36. The Hall–Kier alpha value is -1.60. The normalized spacial score (nSPS) is 10.0. The van der Waals surface area contributed by atoms with Crippen molar-refractivity contribution in [3.05, 3.63) is 22.2 Å². The van der Waals surface area contributed by atoms with Gasteiger partial charge in [-0.1, -0.05) is 0 Å². The Labute approximate surface area is 131 Å². The van der Waals surface area contributed by atoms with Crippen molar-refractivity contribution in [1.82, 2.24) is 5.32 Å². The van der Waals surface area contributed by atoms with E-state index in [1.807, 2.05) is 0 Å². The highest BCUT2D eigenvalue weighted by Gasteiger charge is 2.13. The monoisotopic (exact) mass is 359 g/mol. The molecule has 0 aliphatic heterocycles. The Kier molecular flexibility index (Phi) is 7.78. The minimum absolute atomic E-state index is 0.137. The molecule has 0 aliphatic carbocycles. The maximum absolute atomic E-state index is 11.6. The van der Waals surface area contributed by atoms with Gasteiger partial charge in [0, 0.05) is 25.8 Å². The summed E-state index contributed by atoms with van der Waals surface area (Å²) in [5, 5.41) is 2.71. The molecule has 1 rings (SSSR count). The number of methoxy groups -OCH3 is 2. The number of ether oxygens (including phenoxy) is 3. The molecule has 0 atom stereocenters. The van der Waals surface area contributed by atoms with Crippen molar-refractivity contribution in [3.8, 4) is 11.5 Å². The van der Waals surface area contributed by atoms with E-state index in [4.69, 9.17) is 14.2 Å². The summed E-state index contributed by atoms with van der Waals surface area (Å²) in [5.74, 6) is 0.535. The fourth-order valence-corrected chi connectivity index (χ4v) is 2.16. The van der Waals surface area contributed by atoms with Crippen LogP contribution in [0.4, 0.5) is 0 Å². The van der Waals surface area contributed by atoms with Gasteiger partial charge in [-0.05, 0) is 34.5 Å². The third kappa shape index (κ3) is 5.73. The number of carbonyl (C=O) groups is 2. The van der Waals surface area contributed by atoms with E-state index < -0.39 is 0 Å². The standard InChI is InChI=1S/C14H18BrNO5/c1-19-5-3-4-16-13(18)9-21-14-11(15)6-10(8-17)7-12(14)20-2/h6-8H,3-5,9H2,1-2H3,(H,16,18). The van der Waals surface area contributed by atoms with Gasteiger partial charge in [0.2, 0.25) is 0 Å². The SMILES string of the molecule is COCCCNC(=O)COc1c(Br)cc(C=O)cc1OC. The Bertz CT molecular complexity index is 492. The van der Waals surface area contributed by atoms with Gasteiger partial charge < -0.3 is 19.5 Å². The second-order valence-electron chi connectivity index (χ2n) is 4.14. The number of nitrogens with one attached hydrogen (secondary N) is 1. The molecular formula is C14H18BrNO5. The van der Waals surface area contributed by atoms with Crippen LogP contribution < -0.4 is 14.8 Å².